The number of anilines is 7. The maximum Gasteiger partial charge on any atom is 0.471 e. The second-order valence-corrected chi connectivity index (χ2v) is 37.8. The first-order chi connectivity index (χ1) is 59.4. The summed E-state index contributed by atoms with van der Waals surface area (Å²) in [6, 6.07) is 48.3. The number of pyridine rings is 5. The number of para-hydroxylation sites is 2. The Labute approximate surface area is 751 Å². The van der Waals surface area contributed by atoms with Crippen LogP contribution in [0.1, 0.15) is 27.8 Å². The van der Waals surface area contributed by atoms with E-state index in [0.29, 0.717) is 110 Å². The third kappa shape index (κ3) is 23.1. The third-order valence-corrected chi connectivity index (χ3v) is 27.2. The maximum absolute atomic E-state index is 13.9. The number of hydrogen-bond donors (Lipinski definition) is 7. The van der Waals surface area contributed by atoms with Gasteiger partial charge in [-0.05, 0) is 196 Å². The number of fused-ring (bicyclic) bond motifs is 5. The molecule has 0 spiro atoms. The predicted molar refractivity (Wildman–Crippen MR) is 473 cm³/mol. The Morgan fingerprint density at radius 1 is 0.346 bits per heavy atom. The van der Waals surface area contributed by atoms with Crippen molar-refractivity contribution in [2.24, 2.45) is 0 Å². The van der Waals surface area contributed by atoms with Crippen molar-refractivity contribution >= 4 is 232 Å². The minimum atomic E-state index is -5.46. The number of nitrogen functional groups attached to an aromatic ring is 1. The minimum Gasteiger partial charge on any atom is -0.398 e. The van der Waals surface area contributed by atoms with Gasteiger partial charge in [0, 0.05) is 68.0 Å². The zero-order valence-corrected chi connectivity index (χ0v) is 73.7. The Hall–Kier alpha value is -11.4. The Morgan fingerprint density at radius 3 is 1.19 bits per heavy atom. The fraction of sp³-hybridized carbons (Fsp3) is 0.0732. The minimum absolute atomic E-state index is 0.0382. The molecule has 5 heterocycles. The molecular weight excluding hydrogens is 1930 g/mol. The highest BCUT2D eigenvalue weighted by Gasteiger charge is 2.41. The van der Waals surface area contributed by atoms with Crippen LogP contribution < -0.4 is 34.7 Å². The number of nitrogens with zero attached hydrogens (tertiary/aromatic N) is 5. The lowest BCUT2D eigenvalue weighted by Gasteiger charge is -2.17. The van der Waals surface area contributed by atoms with Gasteiger partial charge in [-0.15, -0.1) is 0 Å². The molecule has 10 aromatic carbocycles. The van der Waals surface area contributed by atoms with E-state index in [4.69, 9.17) is 86.9 Å². The summed E-state index contributed by atoms with van der Waals surface area (Å²) >= 11 is 42.0. The number of halogens is 17. The molecule has 15 aromatic rings. The van der Waals surface area contributed by atoms with Crippen LogP contribution in [-0.4, -0.2) is 79.1 Å². The van der Waals surface area contributed by atoms with Crippen LogP contribution in [0.4, 0.5) is 83.7 Å². The monoisotopic (exact) mass is 1980 g/mol. The molecule has 15 rings (SSSR count). The van der Waals surface area contributed by atoms with E-state index < -0.39 is 118 Å². The van der Waals surface area contributed by atoms with Gasteiger partial charge in [0.15, 0.2) is 0 Å². The van der Waals surface area contributed by atoms with Gasteiger partial charge in [-0.25, -0.2) is 46.5 Å². The molecule has 5 aromatic heterocycles. The van der Waals surface area contributed by atoms with Crippen molar-refractivity contribution in [3.05, 3.63) is 312 Å². The van der Waals surface area contributed by atoms with Crippen LogP contribution in [0.25, 0.3) is 54.5 Å². The van der Waals surface area contributed by atoms with Crippen molar-refractivity contribution in [1.29, 1.82) is 0 Å². The number of carbonyl (C=O) groups is 1. The Kier molecular flexibility index (Phi) is 29.3. The van der Waals surface area contributed by atoms with Gasteiger partial charge in [-0.1, -0.05) is 135 Å². The van der Waals surface area contributed by atoms with E-state index in [1.807, 2.05) is 19.1 Å². The molecule has 0 aliphatic rings. The quantitative estimate of drug-likeness (QED) is 0.0349. The summed E-state index contributed by atoms with van der Waals surface area (Å²) in [5.41, 5.74) is 6.48. The number of aryl methyl sites for hydroxylation is 3. The smallest absolute Gasteiger partial charge is 0.398 e. The van der Waals surface area contributed by atoms with E-state index in [-0.39, 0.29) is 59.2 Å². The fourth-order valence-electron chi connectivity index (χ4n) is 12.2. The number of benzene rings is 10. The highest BCUT2D eigenvalue weighted by molar-refractivity contribution is 7.94. The fourth-order valence-corrected chi connectivity index (χ4v) is 20.4. The standard InChI is InChI=1S/C18H16Cl2N2O2S.C18H11F6N3O3S.C16H12F3N3O2S.C15H9Cl3N2O2S.C15H9Cl2FN2O2S/c1-10-7-11(2)18(12(3)8-10)25(23,24)22-17-15(20)9-14(19)13-5-4-6-21-16(13)17;19-17(20,21)11-6-7-14(13(9-11)26-16(28)18(22,23)24)31(29,30)27-12-5-1-3-10-4-2-8-25-15(10)12;17-16(18,19)11-6-7-14(12(20)9-11)25(23,24)22-13-5-1-3-10-4-2-8-21-15(10)13;2*16-9-3-6-14(12(18)8-9)23(21,22)20-13-5-4-11(17)10-2-1-7-19-15(10)13/h4-9,22H,1-3H3;1-9,27H,(H,26,28);1-9,22H,20H2;2*1-8,20H. The van der Waals surface area contributed by atoms with E-state index >= 15 is 0 Å². The van der Waals surface area contributed by atoms with E-state index in [1.54, 1.807) is 123 Å². The van der Waals surface area contributed by atoms with Gasteiger partial charge in [0.1, 0.15) is 25.4 Å². The SMILES string of the molecule is Cc1cc(C)c(S(=O)(=O)Nc2c(Cl)cc(Cl)c3cccnc23)c(C)c1.Nc1cc(C(F)(F)F)ccc1S(=O)(=O)Nc1cccc2cccnc12.O=C(Nc1cc(C(F)(F)F)ccc1S(=O)(=O)Nc1cccc2cccnc12)C(F)(F)F.O=S(=O)(Nc1ccc(Cl)c2cccnc12)c1ccc(Cl)cc1Cl.O=S(=O)(Nc1ccc(Cl)c2cccnc12)c1ccc(Cl)cc1F. The van der Waals surface area contributed by atoms with E-state index in [0.717, 1.165) is 23.8 Å². The number of nitrogens with one attached hydrogen (secondary N) is 6. The van der Waals surface area contributed by atoms with Crippen molar-refractivity contribution in [1.82, 2.24) is 24.9 Å². The summed E-state index contributed by atoms with van der Waals surface area (Å²) in [4.78, 5) is 30.2. The molecule has 0 fully saturated rings. The molecule has 660 valence electrons. The molecule has 0 aliphatic carbocycles. The molecular formula is C82H57Cl7F10N12O11S5. The van der Waals surface area contributed by atoms with E-state index in [9.17, 15) is 90.8 Å². The largest absolute Gasteiger partial charge is 0.471 e. The molecule has 0 radical (unpaired) electrons. The highest BCUT2D eigenvalue weighted by atomic mass is 35.5. The van der Waals surface area contributed by atoms with Crippen molar-refractivity contribution in [3.63, 3.8) is 0 Å². The van der Waals surface area contributed by atoms with Gasteiger partial charge >= 0.3 is 24.4 Å². The molecule has 0 saturated carbocycles. The number of hydrogen-bond acceptors (Lipinski definition) is 17. The Balaban J connectivity index is 0.000000155. The first kappa shape index (κ1) is 96.2. The second-order valence-electron chi connectivity index (χ2n) is 26.7. The van der Waals surface area contributed by atoms with Crippen molar-refractivity contribution in [2.45, 2.75) is 63.8 Å². The predicted octanol–water partition coefficient (Wildman–Crippen LogP) is 22.9. The van der Waals surface area contributed by atoms with Crippen molar-refractivity contribution < 1.29 is 90.8 Å². The lowest BCUT2D eigenvalue weighted by Crippen LogP contribution is -2.31. The lowest BCUT2D eigenvalue weighted by molar-refractivity contribution is -0.167. The van der Waals surface area contributed by atoms with Crippen LogP contribution in [0.3, 0.4) is 0 Å². The van der Waals surface area contributed by atoms with Crippen molar-refractivity contribution in [2.75, 3.05) is 34.7 Å². The number of nitrogens with two attached hydrogens (primary N) is 1. The van der Waals surface area contributed by atoms with Gasteiger partial charge < -0.3 is 11.1 Å². The van der Waals surface area contributed by atoms with E-state index in [1.165, 1.54) is 78.5 Å². The third-order valence-electron chi connectivity index (χ3n) is 17.7. The van der Waals surface area contributed by atoms with Gasteiger partial charge in [-0.3, -0.25) is 53.3 Å². The maximum atomic E-state index is 13.9. The summed E-state index contributed by atoms with van der Waals surface area (Å²) in [6.07, 6.45) is -7.54. The lowest BCUT2D eigenvalue weighted by atomic mass is 10.1. The van der Waals surface area contributed by atoms with Crippen LogP contribution in [0.5, 0.6) is 0 Å². The topological polar surface area (TPSA) is 350 Å². The van der Waals surface area contributed by atoms with Crippen LogP contribution in [0.2, 0.25) is 35.2 Å². The van der Waals surface area contributed by atoms with Crippen LogP contribution in [0.15, 0.2) is 268 Å². The normalized spacial score (nSPS) is 12.0. The van der Waals surface area contributed by atoms with Crippen molar-refractivity contribution in [3.8, 4) is 0 Å². The van der Waals surface area contributed by atoms with Gasteiger partial charge in [0.25, 0.3) is 50.1 Å². The molecule has 8 N–H and O–H groups in total. The number of alkyl halides is 9. The van der Waals surface area contributed by atoms with Crippen LogP contribution >= 0.6 is 81.2 Å². The Bertz CT molecular complexity index is 7260. The molecule has 23 nitrogen and oxygen atoms in total. The Morgan fingerprint density at radius 2 is 0.732 bits per heavy atom. The van der Waals surface area contributed by atoms with Gasteiger partial charge in [-0.2, -0.15) is 39.5 Å². The van der Waals surface area contributed by atoms with E-state index in [2.05, 4.69) is 48.5 Å². The molecule has 1 amide bonds. The number of rotatable bonds is 16. The van der Waals surface area contributed by atoms with Gasteiger partial charge in [0.2, 0.25) is 0 Å². The number of amides is 1. The number of aromatic nitrogens is 5. The average Bonchev–Trinajstić information content (AvgIpc) is 0.759. The molecule has 127 heavy (non-hydrogen) atoms. The molecule has 45 heteroatoms. The highest BCUT2D eigenvalue weighted by Crippen LogP contribution is 2.42. The number of carbonyl (C=O) groups excluding carboxylic acids is 1. The zero-order chi connectivity index (χ0) is 92.8. The summed E-state index contributed by atoms with van der Waals surface area (Å²) < 4.78 is 267. The molecule has 0 aliphatic heterocycles. The number of sulfonamides is 5. The zero-order valence-electron chi connectivity index (χ0n) is 64.4. The summed E-state index contributed by atoms with van der Waals surface area (Å²) in [5.74, 6) is -3.56. The molecule has 0 unspecified atom stereocenters. The second kappa shape index (κ2) is 38.7. The first-order valence-corrected chi connectivity index (χ1v) is 45.7. The molecule has 0 bridgehead atoms. The summed E-state index contributed by atoms with van der Waals surface area (Å²) in [5, 5.41) is 6.34. The summed E-state index contributed by atoms with van der Waals surface area (Å²) in [7, 11) is -20.8. The van der Waals surface area contributed by atoms with Crippen LogP contribution in [0, 0.1) is 26.6 Å². The molecule has 0 atom stereocenters. The first-order valence-electron chi connectivity index (χ1n) is 35.6. The summed E-state index contributed by atoms with van der Waals surface area (Å²) in [6.45, 7) is 5.47. The molecule has 0 saturated heterocycles. The van der Waals surface area contributed by atoms with Gasteiger partial charge in [0.05, 0.1) is 109 Å². The average molecular weight is 1980 g/mol. The van der Waals surface area contributed by atoms with Crippen LogP contribution in [-0.2, 0) is 67.3 Å².